The van der Waals surface area contributed by atoms with Crippen molar-refractivity contribution in [2.75, 3.05) is 20.6 Å². The molecule has 2 heterocycles. The normalized spacial score (nSPS) is 12.7. The molecule has 7 heteroatoms. The standard InChI is InChI=1S/C17H21N5OS/c1-4-22-15-6-5-12(9-14(15)19-20-22)17(23)18-10-16(21(2)3)13-7-8-24-11-13/h5-9,11,16H,4,10H2,1-3H3,(H,18,23). The number of nitrogens with zero attached hydrogens (tertiary/aromatic N) is 4. The van der Waals surface area contributed by atoms with Crippen LogP contribution in [0, 0.1) is 0 Å². The molecule has 0 bridgehead atoms. The van der Waals surface area contributed by atoms with Crippen LogP contribution in [-0.4, -0.2) is 46.4 Å². The Kier molecular flexibility index (Phi) is 4.92. The van der Waals surface area contributed by atoms with Crippen molar-refractivity contribution < 1.29 is 4.79 Å². The largest absolute Gasteiger partial charge is 0.350 e. The second-order valence-electron chi connectivity index (χ2n) is 5.85. The van der Waals surface area contributed by atoms with Gasteiger partial charge in [-0.15, -0.1) is 5.10 Å². The lowest BCUT2D eigenvalue weighted by Gasteiger charge is -2.24. The molecule has 1 unspecified atom stereocenters. The molecule has 0 spiro atoms. The monoisotopic (exact) mass is 343 g/mol. The summed E-state index contributed by atoms with van der Waals surface area (Å²) in [4.78, 5) is 14.6. The fourth-order valence-corrected chi connectivity index (χ4v) is 3.41. The Morgan fingerprint density at radius 3 is 2.88 bits per heavy atom. The van der Waals surface area contributed by atoms with E-state index in [-0.39, 0.29) is 11.9 Å². The summed E-state index contributed by atoms with van der Waals surface area (Å²) >= 11 is 1.66. The summed E-state index contributed by atoms with van der Waals surface area (Å²) < 4.78 is 1.82. The third-order valence-corrected chi connectivity index (χ3v) is 4.78. The van der Waals surface area contributed by atoms with E-state index in [9.17, 15) is 4.79 Å². The highest BCUT2D eigenvalue weighted by molar-refractivity contribution is 7.07. The van der Waals surface area contributed by atoms with Crippen molar-refractivity contribution >= 4 is 28.3 Å². The molecular formula is C17H21N5OS. The first kappa shape index (κ1) is 16.6. The first-order valence-electron chi connectivity index (χ1n) is 7.90. The Bertz CT molecular complexity index is 825. The predicted octanol–water partition coefficient (Wildman–Crippen LogP) is 2.55. The molecule has 1 aromatic carbocycles. The van der Waals surface area contributed by atoms with Gasteiger partial charge in [0.25, 0.3) is 5.91 Å². The summed E-state index contributed by atoms with van der Waals surface area (Å²) in [6.45, 7) is 3.33. The van der Waals surface area contributed by atoms with Crippen molar-refractivity contribution in [3.63, 3.8) is 0 Å². The van der Waals surface area contributed by atoms with E-state index in [1.165, 1.54) is 5.56 Å². The highest BCUT2D eigenvalue weighted by Gasteiger charge is 2.17. The maximum absolute atomic E-state index is 12.5. The first-order valence-corrected chi connectivity index (χ1v) is 8.84. The van der Waals surface area contributed by atoms with Gasteiger partial charge in [-0.25, -0.2) is 4.68 Å². The summed E-state index contributed by atoms with van der Waals surface area (Å²) in [6.07, 6.45) is 0. The Labute approximate surface area is 145 Å². The van der Waals surface area contributed by atoms with Gasteiger partial charge in [0.15, 0.2) is 0 Å². The molecular weight excluding hydrogens is 322 g/mol. The minimum Gasteiger partial charge on any atom is -0.350 e. The molecule has 0 aliphatic heterocycles. The van der Waals surface area contributed by atoms with Crippen molar-refractivity contribution in [3.8, 4) is 0 Å². The third-order valence-electron chi connectivity index (χ3n) is 4.08. The van der Waals surface area contributed by atoms with Crippen LogP contribution >= 0.6 is 11.3 Å². The lowest BCUT2D eigenvalue weighted by Crippen LogP contribution is -2.34. The highest BCUT2D eigenvalue weighted by Crippen LogP contribution is 2.20. The number of likely N-dealkylation sites (N-methyl/N-ethyl adjacent to an activating group) is 1. The zero-order chi connectivity index (χ0) is 17.1. The van der Waals surface area contributed by atoms with Crippen LogP contribution in [0.2, 0.25) is 0 Å². The first-order chi connectivity index (χ1) is 11.6. The van der Waals surface area contributed by atoms with Gasteiger partial charge < -0.3 is 10.2 Å². The van der Waals surface area contributed by atoms with E-state index in [4.69, 9.17) is 0 Å². The molecule has 2 aromatic heterocycles. The molecule has 3 aromatic rings. The number of amides is 1. The van der Waals surface area contributed by atoms with Crippen LogP contribution in [0.3, 0.4) is 0 Å². The van der Waals surface area contributed by atoms with Crippen LogP contribution < -0.4 is 5.32 Å². The van der Waals surface area contributed by atoms with Gasteiger partial charge in [-0.3, -0.25) is 4.79 Å². The molecule has 0 aliphatic carbocycles. The number of thiophene rings is 1. The number of nitrogens with one attached hydrogen (secondary N) is 1. The second-order valence-corrected chi connectivity index (χ2v) is 6.63. The molecule has 0 aliphatic rings. The number of benzene rings is 1. The number of carbonyl (C=O) groups is 1. The Hall–Kier alpha value is -2.25. The van der Waals surface area contributed by atoms with Gasteiger partial charge in [0.2, 0.25) is 0 Å². The summed E-state index contributed by atoms with van der Waals surface area (Å²) in [7, 11) is 4.03. The lowest BCUT2D eigenvalue weighted by molar-refractivity contribution is 0.0942. The smallest absolute Gasteiger partial charge is 0.251 e. The maximum atomic E-state index is 12.5. The fraction of sp³-hybridized carbons (Fsp3) is 0.353. The molecule has 0 radical (unpaired) electrons. The van der Waals surface area contributed by atoms with E-state index in [0.29, 0.717) is 12.1 Å². The number of carbonyl (C=O) groups excluding carboxylic acids is 1. The van der Waals surface area contributed by atoms with Crippen LogP contribution in [0.1, 0.15) is 28.9 Å². The van der Waals surface area contributed by atoms with Crippen molar-refractivity contribution in [3.05, 3.63) is 46.2 Å². The molecule has 126 valence electrons. The zero-order valence-electron chi connectivity index (χ0n) is 14.1. The van der Waals surface area contributed by atoms with E-state index in [1.54, 1.807) is 17.4 Å². The molecule has 0 saturated heterocycles. The fourth-order valence-electron chi connectivity index (χ4n) is 2.70. The van der Waals surface area contributed by atoms with E-state index in [2.05, 4.69) is 37.4 Å². The Morgan fingerprint density at radius 1 is 1.38 bits per heavy atom. The topological polar surface area (TPSA) is 63.1 Å². The van der Waals surface area contributed by atoms with Crippen LogP contribution in [0.25, 0.3) is 11.0 Å². The highest BCUT2D eigenvalue weighted by atomic mass is 32.1. The molecule has 1 atom stereocenters. The minimum atomic E-state index is -0.0926. The SMILES string of the molecule is CCn1nnc2cc(C(=O)NCC(c3ccsc3)N(C)C)ccc21. The number of hydrogen-bond acceptors (Lipinski definition) is 5. The van der Waals surface area contributed by atoms with Gasteiger partial charge in [0, 0.05) is 18.7 Å². The quantitative estimate of drug-likeness (QED) is 0.747. The number of fused-ring (bicyclic) bond motifs is 1. The summed E-state index contributed by atoms with van der Waals surface area (Å²) in [5.41, 5.74) is 3.50. The van der Waals surface area contributed by atoms with Gasteiger partial charge in [-0.05, 0) is 61.6 Å². The number of rotatable bonds is 6. The van der Waals surface area contributed by atoms with Crippen LogP contribution in [-0.2, 0) is 6.54 Å². The Balaban J connectivity index is 1.72. The Morgan fingerprint density at radius 2 is 2.21 bits per heavy atom. The van der Waals surface area contributed by atoms with E-state index < -0.39 is 0 Å². The van der Waals surface area contributed by atoms with Gasteiger partial charge in [-0.1, -0.05) is 5.21 Å². The van der Waals surface area contributed by atoms with E-state index in [0.717, 1.165) is 17.6 Å². The number of hydrogen-bond donors (Lipinski definition) is 1. The van der Waals surface area contributed by atoms with Gasteiger partial charge in [-0.2, -0.15) is 11.3 Å². The second kappa shape index (κ2) is 7.11. The van der Waals surface area contributed by atoms with E-state index >= 15 is 0 Å². The lowest BCUT2D eigenvalue weighted by atomic mass is 10.1. The molecule has 0 fully saturated rings. The maximum Gasteiger partial charge on any atom is 0.251 e. The van der Waals surface area contributed by atoms with Crippen molar-refractivity contribution in [2.45, 2.75) is 19.5 Å². The molecule has 6 nitrogen and oxygen atoms in total. The average Bonchev–Trinajstić information content (AvgIpc) is 3.23. The third kappa shape index (κ3) is 3.32. The molecule has 1 N–H and O–H groups in total. The van der Waals surface area contributed by atoms with Crippen LogP contribution in [0.4, 0.5) is 0 Å². The number of aryl methyl sites for hydroxylation is 1. The molecule has 0 saturated carbocycles. The summed E-state index contributed by atoms with van der Waals surface area (Å²) in [6, 6.07) is 7.76. The van der Waals surface area contributed by atoms with Crippen molar-refractivity contribution in [1.29, 1.82) is 0 Å². The van der Waals surface area contributed by atoms with Crippen LogP contribution in [0.15, 0.2) is 35.0 Å². The minimum absolute atomic E-state index is 0.0926. The van der Waals surface area contributed by atoms with Gasteiger partial charge in [0.1, 0.15) is 5.52 Å². The summed E-state index contributed by atoms with van der Waals surface area (Å²) in [5.74, 6) is -0.0926. The number of aromatic nitrogens is 3. The molecule has 1 amide bonds. The predicted molar refractivity (Wildman–Crippen MR) is 96.3 cm³/mol. The zero-order valence-corrected chi connectivity index (χ0v) is 14.9. The van der Waals surface area contributed by atoms with Gasteiger partial charge in [0.05, 0.1) is 11.6 Å². The summed E-state index contributed by atoms with van der Waals surface area (Å²) in [5, 5.41) is 15.4. The molecule has 24 heavy (non-hydrogen) atoms. The van der Waals surface area contributed by atoms with Crippen molar-refractivity contribution in [1.82, 2.24) is 25.2 Å². The van der Waals surface area contributed by atoms with E-state index in [1.807, 2.05) is 37.8 Å². The average molecular weight is 343 g/mol. The van der Waals surface area contributed by atoms with Crippen LogP contribution in [0.5, 0.6) is 0 Å². The van der Waals surface area contributed by atoms with Gasteiger partial charge >= 0.3 is 0 Å². The molecule has 3 rings (SSSR count). The van der Waals surface area contributed by atoms with Crippen molar-refractivity contribution in [2.24, 2.45) is 0 Å².